The average molecular weight is 281 g/mol. The molecule has 0 saturated carbocycles. The summed E-state index contributed by atoms with van der Waals surface area (Å²) in [5.41, 5.74) is 5.29. The van der Waals surface area contributed by atoms with Gasteiger partial charge in [0.15, 0.2) is 0 Å². The lowest BCUT2D eigenvalue weighted by atomic mass is 10.0. The third-order valence-corrected chi connectivity index (χ3v) is 2.05. The van der Waals surface area contributed by atoms with Crippen molar-refractivity contribution in [2.45, 2.75) is 52.7 Å². The van der Waals surface area contributed by atoms with Crippen molar-refractivity contribution in [1.82, 2.24) is 5.32 Å². The van der Waals surface area contributed by atoms with E-state index in [2.05, 4.69) is 5.32 Å². The van der Waals surface area contributed by atoms with Crippen LogP contribution >= 0.6 is 12.4 Å². The maximum Gasteiger partial charge on any atom is 0.328 e. The van der Waals surface area contributed by atoms with Crippen LogP contribution in [-0.4, -0.2) is 30.6 Å². The van der Waals surface area contributed by atoms with Crippen molar-refractivity contribution in [3.8, 4) is 0 Å². The minimum Gasteiger partial charge on any atom is -0.461 e. The van der Waals surface area contributed by atoms with Crippen LogP contribution in [0.3, 0.4) is 0 Å². The van der Waals surface area contributed by atoms with Gasteiger partial charge in [-0.1, -0.05) is 13.8 Å². The molecule has 0 aromatic carbocycles. The highest BCUT2D eigenvalue weighted by Crippen LogP contribution is 2.08. The third-order valence-electron chi connectivity index (χ3n) is 2.05. The molecular weight excluding hydrogens is 256 g/mol. The average Bonchev–Trinajstić information content (AvgIpc) is 2.15. The number of hydrogen-bond donors (Lipinski definition) is 2. The van der Waals surface area contributed by atoms with Crippen LogP contribution in [0.15, 0.2) is 0 Å². The van der Waals surface area contributed by atoms with Gasteiger partial charge >= 0.3 is 5.97 Å². The number of carbonyl (C=O) groups is 2. The fraction of sp³-hybridized carbons (Fsp3) is 0.833. The molecule has 1 atom stereocenters. The molecule has 108 valence electrons. The van der Waals surface area contributed by atoms with E-state index in [4.69, 9.17) is 10.5 Å². The highest BCUT2D eigenvalue weighted by Gasteiger charge is 2.23. The van der Waals surface area contributed by atoms with E-state index in [1.165, 1.54) is 0 Å². The second-order valence-electron chi connectivity index (χ2n) is 4.77. The first-order chi connectivity index (χ1) is 7.86. The Morgan fingerprint density at radius 3 is 2.17 bits per heavy atom. The number of hydrogen-bond acceptors (Lipinski definition) is 4. The van der Waals surface area contributed by atoms with Crippen LogP contribution < -0.4 is 11.1 Å². The lowest BCUT2D eigenvalue weighted by molar-refractivity contribution is -0.152. The van der Waals surface area contributed by atoms with E-state index in [-0.39, 0.29) is 43.4 Å². The Balaban J connectivity index is 0. The number of ether oxygens (including phenoxy) is 1. The van der Waals surface area contributed by atoms with E-state index < -0.39 is 6.04 Å². The summed E-state index contributed by atoms with van der Waals surface area (Å²) in [5.74, 6) is -0.282. The Kier molecular flexibility index (Phi) is 11.0. The van der Waals surface area contributed by atoms with Gasteiger partial charge in [0.25, 0.3) is 0 Å². The minimum atomic E-state index is -0.573. The number of halogens is 1. The van der Waals surface area contributed by atoms with Crippen molar-refractivity contribution in [2.75, 3.05) is 6.54 Å². The van der Waals surface area contributed by atoms with Gasteiger partial charge in [0.2, 0.25) is 5.91 Å². The zero-order valence-corrected chi connectivity index (χ0v) is 12.4. The molecule has 0 unspecified atom stereocenters. The van der Waals surface area contributed by atoms with Crippen molar-refractivity contribution < 1.29 is 14.3 Å². The summed E-state index contributed by atoms with van der Waals surface area (Å²) < 4.78 is 5.11. The van der Waals surface area contributed by atoms with Crippen LogP contribution in [-0.2, 0) is 14.3 Å². The summed E-state index contributed by atoms with van der Waals surface area (Å²) in [4.78, 5) is 23.2. The predicted octanol–water partition coefficient (Wildman–Crippen LogP) is 1.24. The first kappa shape index (κ1) is 19.5. The Bertz CT molecular complexity index is 258. The molecule has 1 amide bonds. The number of nitrogens with one attached hydrogen (secondary N) is 1. The van der Waals surface area contributed by atoms with Gasteiger partial charge in [0, 0.05) is 13.0 Å². The predicted molar refractivity (Wildman–Crippen MR) is 73.5 cm³/mol. The van der Waals surface area contributed by atoms with Gasteiger partial charge in [0.05, 0.1) is 6.10 Å². The molecule has 0 fully saturated rings. The van der Waals surface area contributed by atoms with Crippen LogP contribution in [0.2, 0.25) is 0 Å². The Morgan fingerprint density at radius 1 is 1.22 bits per heavy atom. The van der Waals surface area contributed by atoms with E-state index in [1.807, 2.05) is 13.8 Å². The molecule has 0 aromatic heterocycles. The number of esters is 1. The monoisotopic (exact) mass is 280 g/mol. The van der Waals surface area contributed by atoms with Crippen molar-refractivity contribution in [1.29, 1.82) is 0 Å². The van der Waals surface area contributed by atoms with E-state index in [0.717, 1.165) is 0 Å². The van der Waals surface area contributed by atoms with Crippen LogP contribution in [0.4, 0.5) is 0 Å². The van der Waals surface area contributed by atoms with Gasteiger partial charge in [0.1, 0.15) is 6.04 Å². The fourth-order valence-corrected chi connectivity index (χ4v) is 1.40. The zero-order chi connectivity index (χ0) is 13.4. The summed E-state index contributed by atoms with van der Waals surface area (Å²) in [6.45, 7) is 7.83. The standard InChI is InChI=1S/C12H24N2O3.ClH/c1-8(2)7-10(12(16)17-9(3)4)14-11(15)5-6-13;/h8-10H,5-7,13H2,1-4H3,(H,14,15);1H/t10-;/m0./s1. The van der Waals surface area contributed by atoms with Crippen LogP contribution in [0.5, 0.6) is 0 Å². The molecule has 0 aliphatic rings. The first-order valence-electron chi connectivity index (χ1n) is 6.06. The molecule has 0 bridgehead atoms. The van der Waals surface area contributed by atoms with E-state index in [0.29, 0.717) is 12.3 Å². The number of carbonyl (C=O) groups excluding carboxylic acids is 2. The molecule has 18 heavy (non-hydrogen) atoms. The van der Waals surface area contributed by atoms with Gasteiger partial charge < -0.3 is 15.8 Å². The molecule has 0 spiro atoms. The van der Waals surface area contributed by atoms with Gasteiger partial charge in [-0.25, -0.2) is 4.79 Å². The Labute approximate surface area is 115 Å². The van der Waals surface area contributed by atoms with Gasteiger partial charge in [-0.05, 0) is 26.2 Å². The molecule has 0 rings (SSSR count). The fourth-order valence-electron chi connectivity index (χ4n) is 1.40. The van der Waals surface area contributed by atoms with Crippen LogP contribution in [0.25, 0.3) is 0 Å². The second kappa shape index (κ2) is 10.1. The normalized spacial score (nSPS) is 11.9. The largest absolute Gasteiger partial charge is 0.461 e. The second-order valence-corrected chi connectivity index (χ2v) is 4.77. The quantitative estimate of drug-likeness (QED) is 0.688. The molecule has 0 saturated heterocycles. The van der Waals surface area contributed by atoms with Crippen molar-refractivity contribution in [3.05, 3.63) is 0 Å². The molecule has 0 radical (unpaired) electrons. The SMILES string of the molecule is CC(C)C[C@H](NC(=O)CCN)C(=O)OC(C)C.Cl. The molecule has 5 nitrogen and oxygen atoms in total. The Morgan fingerprint density at radius 2 is 1.78 bits per heavy atom. The number of amides is 1. The summed E-state index contributed by atoms with van der Waals surface area (Å²) in [5, 5.41) is 2.66. The molecule has 0 aliphatic carbocycles. The smallest absolute Gasteiger partial charge is 0.328 e. The molecule has 3 N–H and O–H groups in total. The van der Waals surface area contributed by atoms with Crippen molar-refractivity contribution in [3.63, 3.8) is 0 Å². The Hall–Kier alpha value is -0.810. The van der Waals surface area contributed by atoms with Crippen molar-refractivity contribution >= 4 is 24.3 Å². The number of nitrogens with two attached hydrogens (primary N) is 1. The van der Waals surface area contributed by atoms with Gasteiger partial charge in [-0.2, -0.15) is 0 Å². The van der Waals surface area contributed by atoms with Gasteiger partial charge in [-0.15, -0.1) is 12.4 Å². The lowest BCUT2D eigenvalue weighted by Crippen LogP contribution is -2.43. The van der Waals surface area contributed by atoms with E-state index >= 15 is 0 Å². The third kappa shape index (κ3) is 9.24. The summed E-state index contributed by atoms with van der Waals surface area (Å²) in [7, 11) is 0. The van der Waals surface area contributed by atoms with E-state index in [1.54, 1.807) is 13.8 Å². The minimum absolute atomic E-state index is 0. The molecule has 0 heterocycles. The highest BCUT2D eigenvalue weighted by molar-refractivity contribution is 5.85. The molecular formula is C12H25ClN2O3. The molecule has 0 aromatic rings. The number of rotatable bonds is 7. The highest BCUT2D eigenvalue weighted by atomic mass is 35.5. The first-order valence-corrected chi connectivity index (χ1v) is 6.06. The molecule has 6 heteroatoms. The topological polar surface area (TPSA) is 81.4 Å². The maximum atomic E-state index is 11.8. The molecule has 0 aliphatic heterocycles. The van der Waals surface area contributed by atoms with Crippen LogP contribution in [0.1, 0.15) is 40.5 Å². The maximum absolute atomic E-state index is 11.8. The van der Waals surface area contributed by atoms with Gasteiger partial charge in [-0.3, -0.25) is 4.79 Å². The summed E-state index contributed by atoms with van der Waals surface area (Å²) in [6.07, 6.45) is 0.620. The zero-order valence-electron chi connectivity index (χ0n) is 11.6. The van der Waals surface area contributed by atoms with Crippen LogP contribution in [0, 0.1) is 5.92 Å². The summed E-state index contributed by atoms with van der Waals surface area (Å²) >= 11 is 0. The van der Waals surface area contributed by atoms with E-state index in [9.17, 15) is 9.59 Å². The summed E-state index contributed by atoms with van der Waals surface area (Å²) in [6, 6.07) is -0.573. The lowest BCUT2D eigenvalue weighted by Gasteiger charge is -2.20. The van der Waals surface area contributed by atoms with Crippen molar-refractivity contribution in [2.24, 2.45) is 11.7 Å².